The van der Waals surface area contributed by atoms with Gasteiger partial charge in [-0.3, -0.25) is 4.79 Å². The van der Waals surface area contributed by atoms with Crippen LogP contribution in [0.3, 0.4) is 0 Å². The molecule has 2 rings (SSSR count). The lowest BCUT2D eigenvalue weighted by atomic mass is 10.1. The van der Waals surface area contributed by atoms with Crippen molar-refractivity contribution in [3.63, 3.8) is 0 Å². The lowest BCUT2D eigenvalue weighted by Crippen LogP contribution is -2.13. The van der Waals surface area contributed by atoms with Crippen molar-refractivity contribution < 1.29 is 14.3 Å². The molecule has 0 fully saturated rings. The van der Waals surface area contributed by atoms with Crippen molar-refractivity contribution in [3.8, 4) is 5.88 Å². The van der Waals surface area contributed by atoms with Crippen LogP contribution in [0.2, 0.25) is 0 Å². The van der Waals surface area contributed by atoms with Crippen molar-refractivity contribution in [2.75, 3.05) is 13.2 Å². The summed E-state index contributed by atoms with van der Waals surface area (Å²) in [7, 11) is 0. The van der Waals surface area contributed by atoms with Gasteiger partial charge in [0.15, 0.2) is 11.2 Å². The van der Waals surface area contributed by atoms with Crippen molar-refractivity contribution in [1.82, 2.24) is 19.5 Å². The first-order valence-electron chi connectivity index (χ1n) is 9.70. The zero-order chi connectivity index (χ0) is 18.6. The highest BCUT2D eigenvalue weighted by molar-refractivity contribution is 5.78. The second-order valence-corrected chi connectivity index (χ2v) is 6.35. The van der Waals surface area contributed by atoms with Crippen LogP contribution in [-0.2, 0) is 16.1 Å². The highest BCUT2D eigenvalue weighted by Gasteiger charge is 2.13. The predicted molar refractivity (Wildman–Crippen MR) is 100 cm³/mol. The number of nitrogens with zero attached hydrogens (tertiary/aromatic N) is 4. The van der Waals surface area contributed by atoms with E-state index in [1.54, 1.807) is 17.8 Å². The fraction of sp³-hybridized carbons (Fsp3) is 0.684. The summed E-state index contributed by atoms with van der Waals surface area (Å²) in [6, 6.07) is 0. The minimum Gasteiger partial charge on any atom is -0.476 e. The summed E-state index contributed by atoms with van der Waals surface area (Å²) in [5, 5.41) is 0. The molecule has 7 heteroatoms. The highest BCUT2D eigenvalue weighted by Crippen LogP contribution is 2.20. The first-order chi connectivity index (χ1) is 12.8. The highest BCUT2D eigenvalue weighted by atomic mass is 16.5. The summed E-state index contributed by atoms with van der Waals surface area (Å²) >= 11 is 0. The Labute approximate surface area is 155 Å². The van der Waals surface area contributed by atoms with Crippen LogP contribution in [0.5, 0.6) is 5.88 Å². The van der Waals surface area contributed by atoms with Gasteiger partial charge in [0, 0.05) is 0 Å². The summed E-state index contributed by atoms with van der Waals surface area (Å²) in [5.41, 5.74) is 1.16. The number of ether oxygens (including phenoxy) is 2. The van der Waals surface area contributed by atoms with Crippen molar-refractivity contribution >= 4 is 17.1 Å². The standard InChI is InChI=1S/C19H30N4O3/c1-3-5-6-7-8-9-10-11-12-26-19-17-18(20-14-21-19)23(15-22-17)13-16(24)25-4-2/h14-15H,3-13H2,1-2H3. The third kappa shape index (κ3) is 6.28. The molecule has 0 aliphatic heterocycles. The maximum Gasteiger partial charge on any atom is 0.326 e. The van der Waals surface area contributed by atoms with Gasteiger partial charge in [0.2, 0.25) is 5.88 Å². The molecule has 0 aromatic carbocycles. The number of hydrogen-bond acceptors (Lipinski definition) is 6. The van der Waals surface area contributed by atoms with Gasteiger partial charge >= 0.3 is 5.97 Å². The van der Waals surface area contributed by atoms with Gasteiger partial charge in [0.25, 0.3) is 0 Å². The lowest BCUT2D eigenvalue weighted by Gasteiger charge is -2.06. The number of hydrogen-bond donors (Lipinski definition) is 0. The predicted octanol–water partition coefficient (Wildman–Crippen LogP) is 3.91. The summed E-state index contributed by atoms with van der Waals surface area (Å²) in [6.45, 7) is 5.07. The summed E-state index contributed by atoms with van der Waals surface area (Å²) < 4.78 is 12.4. The number of unbranched alkanes of at least 4 members (excludes halogenated alkanes) is 7. The molecule has 0 saturated carbocycles. The van der Waals surface area contributed by atoms with Crippen LogP contribution in [0, 0.1) is 0 Å². The van der Waals surface area contributed by atoms with Crippen molar-refractivity contribution in [2.24, 2.45) is 0 Å². The largest absolute Gasteiger partial charge is 0.476 e. The van der Waals surface area contributed by atoms with E-state index >= 15 is 0 Å². The first kappa shape index (κ1) is 20.1. The van der Waals surface area contributed by atoms with Gasteiger partial charge in [-0.15, -0.1) is 0 Å². The van der Waals surface area contributed by atoms with E-state index in [2.05, 4.69) is 21.9 Å². The van der Waals surface area contributed by atoms with Gasteiger partial charge in [-0.05, 0) is 13.3 Å². The number of esters is 1. The quantitative estimate of drug-likeness (QED) is 0.397. The number of carbonyl (C=O) groups excluding carboxylic acids is 1. The van der Waals surface area contributed by atoms with E-state index in [4.69, 9.17) is 9.47 Å². The van der Waals surface area contributed by atoms with Crippen LogP contribution in [0.1, 0.15) is 65.2 Å². The SMILES string of the molecule is CCCCCCCCCCOc1ncnc2c1ncn2CC(=O)OCC. The Morgan fingerprint density at radius 3 is 2.46 bits per heavy atom. The smallest absolute Gasteiger partial charge is 0.326 e. The van der Waals surface area contributed by atoms with E-state index in [0.717, 1.165) is 12.8 Å². The molecule has 0 radical (unpaired) electrons. The Balaban J connectivity index is 1.77. The number of aromatic nitrogens is 4. The fourth-order valence-electron chi connectivity index (χ4n) is 2.83. The Bertz CT molecular complexity index is 672. The van der Waals surface area contributed by atoms with E-state index < -0.39 is 0 Å². The molecule has 0 saturated heterocycles. The summed E-state index contributed by atoms with van der Waals surface area (Å²) in [4.78, 5) is 24.3. The van der Waals surface area contributed by atoms with E-state index in [9.17, 15) is 4.79 Å². The van der Waals surface area contributed by atoms with Crippen molar-refractivity contribution in [1.29, 1.82) is 0 Å². The molecule has 2 aromatic rings. The maximum absolute atomic E-state index is 11.6. The van der Waals surface area contributed by atoms with Crippen molar-refractivity contribution in [2.45, 2.75) is 71.8 Å². The average molecular weight is 362 g/mol. The van der Waals surface area contributed by atoms with Crippen molar-refractivity contribution in [3.05, 3.63) is 12.7 Å². The van der Waals surface area contributed by atoms with Crippen LogP contribution in [0.4, 0.5) is 0 Å². The van der Waals surface area contributed by atoms with Gasteiger partial charge in [-0.25, -0.2) is 9.97 Å². The zero-order valence-electron chi connectivity index (χ0n) is 15.9. The van der Waals surface area contributed by atoms with Crippen LogP contribution in [0.15, 0.2) is 12.7 Å². The van der Waals surface area contributed by atoms with Crippen LogP contribution >= 0.6 is 0 Å². The topological polar surface area (TPSA) is 79.1 Å². The molecule has 144 valence electrons. The molecule has 7 nitrogen and oxygen atoms in total. The van der Waals surface area contributed by atoms with E-state index in [1.807, 2.05) is 0 Å². The van der Waals surface area contributed by atoms with Gasteiger partial charge in [0.1, 0.15) is 12.9 Å². The van der Waals surface area contributed by atoms with Crippen LogP contribution < -0.4 is 4.74 Å². The van der Waals surface area contributed by atoms with Gasteiger partial charge in [-0.2, -0.15) is 4.98 Å². The average Bonchev–Trinajstić information content (AvgIpc) is 3.04. The molecule has 0 amide bonds. The molecular weight excluding hydrogens is 332 g/mol. The lowest BCUT2D eigenvalue weighted by molar-refractivity contribution is -0.143. The summed E-state index contributed by atoms with van der Waals surface area (Å²) in [6.07, 6.45) is 13.0. The molecule has 2 aromatic heterocycles. The molecular formula is C19H30N4O3. The summed E-state index contributed by atoms with van der Waals surface area (Å²) in [5.74, 6) is 0.160. The zero-order valence-corrected chi connectivity index (χ0v) is 15.9. The fourth-order valence-corrected chi connectivity index (χ4v) is 2.83. The molecule has 0 atom stereocenters. The molecule has 0 bridgehead atoms. The minimum atomic E-state index is -0.313. The van der Waals surface area contributed by atoms with Gasteiger partial charge < -0.3 is 14.0 Å². The monoisotopic (exact) mass is 362 g/mol. The number of carbonyl (C=O) groups is 1. The molecule has 0 N–H and O–H groups in total. The second-order valence-electron chi connectivity index (χ2n) is 6.35. The first-order valence-corrected chi connectivity index (χ1v) is 9.70. The minimum absolute atomic E-state index is 0.0822. The van der Waals surface area contributed by atoms with Gasteiger partial charge in [-0.1, -0.05) is 51.9 Å². The Kier molecular flexibility index (Phi) is 8.86. The maximum atomic E-state index is 11.6. The molecule has 0 aliphatic carbocycles. The molecule has 0 aliphatic rings. The number of imidazole rings is 1. The second kappa shape index (κ2) is 11.4. The molecule has 2 heterocycles. The molecule has 0 spiro atoms. The van der Waals surface area contributed by atoms with Gasteiger partial charge in [0.05, 0.1) is 19.5 Å². The van der Waals surface area contributed by atoms with Crippen LogP contribution in [0.25, 0.3) is 11.2 Å². The Morgan fingerprint density at radius 1 is 1.00 bits per heavy atom. The number of fused-ring (bicyclic) bond motifs is 1. The molecule has 26 heavy (non-hydrogen) atoms. The van der Waals surface area contributed by atoms with E-state index in [1.165, 1.54) is 44.9 Å². The normalized spacial score (nSPS) is 11.0. The number of rotatable bonds is 13. The molecule has 0 unspecified atom stereocenters. The Morgan fingerprint density at radius 2 is 1.73 bits per heavy atom. The van der Waals surface area contributed by atoms with E-state index in [0.29, 0.717) is 30.3 Å². The third-order valence-corrected chi connectivity index (χ3v) is 4.21. The van der Waals surface area contributed by atoms with Crippen LogP contribution in [-0.4, -0.2) is 38.7 Å². The van der Waals surface area contributed by atoms with E-state index in [-0.39, 0.29) is 12.5 Å². The third-order valence-electron chi connectivity index (χ3n) is 4.21. The Hall–Kier alpha value is -2.18.